The summed E-state index contributed by atoms with van der Waals surface area (Å²) < 4.78 is 22.7. The zero-order valence-electron chi connectivity index (χ0n) is 12.3. The van der Waals surface area contributed by atoms with Gasteiger partial charge in [-0.05, 0) is 38.5 Å². The van der Waals surface area contributed by atoms with Crippen molar-refractivity contribution >= 4 is 21.4 Å². The minimum absolute atomic E-state index is 0.138. The summed E-state index contributed by atoms with van der Waals surface area (Å²) in [6.45, 7) is 6.63. The Morgan fingerprint density at radius 2 is 2.10 bits per heavy atom. The second-order valence-corrected chi connectivity index (χ2v) is 7.77. The summed E-state index contributed by atoms with van der Waals surface area (Å²) in [5.74, 6) is 0. The summed E-state index contributed by atoms with van der Waals surface area (Å²) in [4.78, 5) is 5.76. The molecule has 1 aromatic heterocycles. The number of rotatable bonds is 5. The van der Waals surface area contributed by atoms with Crippen LogP contribution in [-0.4, -0.2) is 13.4 Å². The van der Waals surface area contributed by atoms with Gasteiger partial charge in [0.15, 0.2) is 0 Å². The third kappa shape index (κ3) is 4.10. The van der Waals surface area contributed by atoms with Crippen molar-refractivity contribution in [3.05, 3.63) is 45.4 Å². The molecule has 0 aliphatic rings. The fourth-order valence-corrected chi connectivity index (χ4v) is 3.68. The molecule has 2 rings (SSSR count). The van der Waals surface area contributed by atoms with E-state index in [0.29, 0.717) is 6.54 Å². The van der Waals surface area contributed by atoms with Crippen LogP contribution in [0.2, 0.25) is 0 Å². The van der Waals surface area contributed by atoms with Crippen LogP contribution >= 0.6 is 11.3 Å². The molecule has 3 N–H and O–H groups in total. The van der Waals surface area contributed by atoms with Crippen LogP contribution in [-0.2, 0) is 16.6 Å². The molecule has 1 atom stereocenters. The van der Waals surface area contributed by atoms with Crippen LogP contribution in [0.15, 0.2) is 29.2 Å². The van der Waals surface area contributed by atoms with Crippen LogP contribution in [0, 0.1) is 13.8 Å². The zero-order chi connectivity index (χ0) is 15.6. The number of nitrogens with one attached hydrogen (secondary N) is 1. The number of benzene rings is 1. The highest BCUT2D eigenvalue weighted by molar-refractivity contribution is 7.89. The van der Waals surface area contributed by atoms with E-state index >= 15 is 0 Å². The van der Waals surface area contributed by atoms with Gasteiger partial charge in [0.2, 0.25) is 10.0 Å². The number of aromatic nitrogens is 1. The van der Waals surface area contributed by atoms with Crippen LogP contribution in [0.4, 0.5) is 0 Å². The molecule has 1 heterocycles. The Hall–Kier alpha value is -1.28. The van der Waals surface area contributed by atoms with Gasteiger partial charge in [-0.25, -0.2) is 18.5 Å². The van der Waals surface area contributed by atoms with Gasteiger partial charge >= 0.3 is 0 Å². The molecule has 7 heteroatoms. The number of primary sulfonamides is 1. The molecule has 0 saturated heterocycles. The number of nitrogens with two attached hydrogens (primary N) is 1. The standard InChI is InChI=1S/C14H19N3O2S2/c1-9(14-10(2)17-11(3)20-14)16-8-12-5-4-6-13(7-12)21(15,18)19/h4-7,9,16H,8H2,1-3H3,(H2,15,18,19). The van der Waals surface area contributed by atoms with Gasteiger partial charge in [-0.15, -0.1) is 11.3 Å². The van der Waals surface area contributed by atoms with Crippen molar-refractivity contribution in [3.63, 3.8) is 0 Å². The lowest BCUT2D eigenvalue weighted by atomic mass is 10.2. The van der Waals surface area contributed by atoms with Gasteiger partial charge < -0.3 is 5.32 Å². The summed E-state index contributed by atoms with van der Waals surface area (Å²) in [5.41, 5.74) is 1.92. The monoisotopic (exact) mass is 325 g/mol. The number of thiazole rings is 1. The number of nitrogens with zero attached hydrogens (tertiary/aromatic N) is 1. The highest BCUT2D eigenvalue weighted by Gasteiger charge is 2.13. The van der Waals surface area contributed by atoms with Crippen molar-refractivity contribution < 1.29 is 8.42 Å². The maximum Gasteiger partial charge on any atom is 0.238 e. The highest BCUT2D eigenvalue weighted by atomic mass is 32.2. The summed E-state index contributed by atoms with van der Waals surface area (Å²) in [6.07, 6.45) is 0. The second-order valence-electron chi connectivity index (χ2n) is 4.98. The van der Waals surface area contributed by atoms with Gasteiger partial charge in [0.25, 0.3) is 0 Å². The largest absolute Gasteiger partial charge is 0.305 e. The molecule has 21 heavy (non-hydrogen) atoms. The Morgan fingerprint density at radius 3 is 2.67 bits per heavy atom. The third-order valence-corrected chi connectivity index (χ3v) is 5.34. The lowest BCUT2D eigenvalue weighted by Gasteiger charge is -2.13. The Morgan fingerprint density at radius 1 is 1.38 bits per heavy atom. The lowest BCUT2D eigenvalue weighted by Crippen LogP contribution is -2.18. The Balaban J connectivity index is 2.08. The fraction of sp³-hybridized carbons (Fsp3) is 0.357. The SMILES string of the molecule is Cc1nc(C)c(C(C)NCc2cccc(S(N)(=O)=O)c2)s1. The first-order valence-electron chi connectivity index (χ1n) is 6.56. The van der Waals surface area contributed by atoms with Crippen molar-refractivity contribution in [1.29, 1.82) is 0 Å². The van der Waals surface area contributed by atoms with Gasteiger partial charge in [0, 0.05) is 17.5 Å². The van der Waals surface area contributed by atoms with Gasteiger partial charge in [0.1, 0.15) is 0 Å². The predicted octanol–water partition coefficient (Wildman–Crippen LogP) is 2.26. The minimum Gasteiger partial charge on any atom is -0.305 e. The van der Waals surface area contributed by atoms with Gasteiger partial charge in [-0.3, -0.25) is 0 Å². The maximum atomic E-state index is 11.3. The first-order valence-corrected chi connectivity index (χ1v) is 8.92. The fourth-order valence-electron chi connectivity index (χ4n) is 2.14. The lowest BCUT2D eigenvalue weighted by molar-refractivity contribution is 0.578. The van der Waals surface area contributed by atoms with Crippen LogP contribution in [0.1, 0.15) is 34.1 Å². The quantitative estimate of drug-likeness (QED) is 0.883. The molecule has 0 fully saturated rings. The van der Waals surface area contributed by atoms with Crippen molar-refractivity contribution in [2.24, 2.45) is 5.14 Å². The zero-order valence-corrected chi connectivity index (χ0v) is 13.9. The average molecular weight is 325 g/mol. The summed E-state index contributed by atoms with van der Waals surface area (Å²) in [6, 6.07) is 6.83. The first kappa shape index (κ1) is 16.1. The van der Waals surface area contributed by atoms with Crippen molar-refractivity contribution in [2.45, 2.75) is 38.3 Å². The summed E-state index contributed by atoms with van der Waals surface area (Å²) in [5, 5.41) is 9.57. The topological polar surface area (TPSA) is 85.1 Å². The van der Waals surface area contributed by atoms with Crippen molar-refractivity contribution in [2.75, 3.05) is 0 Å². The van der Waals surface area contributed by atoms with E-state index in [2.05, 4.69) is 17.2 Å². The van der Waals surface area contributed by atoms with E-state index in [1.54, 1.807) is 23.5 Å². The molecular weight excluding hydrogens is 306 g/mol. The number of sulfonamides is 1. The van der Waals surface area contributed by atoms with E-state index in [0.717, 1.165) is 16.3 Å². The molecule has 1 aromatic carbocycles. The molecule has 5 nitrogen and oxygen atoms in total. The normalized spacial score (nSPS) is 13.3. The maximum absolute atomic E-state index is 11.3. The van der Waals surface area contributed by atoms with Gasteiger partial charge in [-0.1, -0.05) is 12.1 Å². The Labute approximate surface area is 129 Å². The molecule has 0 amide bonds. The van der Waals surface area contributed by atoms with E-state index in [9.17, 15) is 8.42 Å². The van der Waals surface area contributed by atoms with Gasteiger partial charge in [0.05, 0.1) is 15.6 Å². The molecule has 0 aliphatic carbocycles. The van der Waals surface area contributed by atoms with Crippen LogP contribution in [0.3, 0.4) is 0 Å². The van der Waals surface area contributed by atoms with E-state index in [-0.39, 0.29) is 10.9 Å². The number of hydrogen-bond donors (Lipinski definition) is 2. The van der Waals surface area contributed by atoms with E-state index in [1.165, 1.54) is 10.9 Å². The molecule has 2 aromatic rings. The molecule has 0 radical (unpaired) electrons. The predicted molar refractivity (Wildman–Crippen MR) is 84.7 cm³/mol. The smallest absolute Gasteiger partial charge is 0.238 e. The molecule has 0 aliphatic heterocycles. The van der Waals surface area contributed by atoms with E-state index in [4.69, 9.17) is 5.14 Å². The first-order chi connectivity index (χ1) is 9.77. The molecule has 0 spiro atoms. The Kier molecular flexibility index (Phi) is 4.77. The van der Waals surface area contributed by atoms with Gasteiger partial charge in [-0.2, -0.15) is 0 Å². The summed E-state index contributed by atoms with van der Waals surface area (Å²) >= 11 is 1.68. The second kappa shape index (κ2) is 6.23. The van der Waals surface area contributed by atoms with Crippen molar-refractivity contribution in [1.82, 2.24) is 10.3 Å². The van der Waals surface area contributed by atoms with E-state index < -0.39 is 10.0 Å². The minimum atomic E-state index is -3.66. The third-order valence-electron chi connectivity index (χ3n) is 3.17. The van der Waals surface area contributed by atoms with E-state index in [1.807, 2.05) is 19.9 Å². The molecule has 0 saturated carbocycles. The molecule has 114 valence electrons. The van der Waals surface area contributed by atoms with Crippen molar-refractivity contribution in [3.8, 4) is 0 Å². The summed E-state index contributed by atoms with van der Waals surface area (Å²) in [7, 11) is -3.66. The number of hydrogen-bond acceptors (Lipinski definition) is 5. The van der Waals surface area contributed by atoms with Crippen LogP contribution in [0.25, 0.3) is 0 Å². The Bertz CT molecular complexity index is 738. The molecule has 0 bridgehead atoms. The highest BCUT2D eigenvalue weighted by Crippen LogP contribution is 2.24. The molecule has 1 unspecified atom stereocenters. The van der Waals surface area contributed by atoms with Crippen LogP contribution < -0.4 is 10.5 Å². The molecular formula is C14H19N3O2S2. The van der Waals surface area contributed by atoms with Crippen LogP contribution in [0.5, 0.6) is 0 Å². The average Bonchev–Trinajstić information content (AvgIpc) is 2.74. The number of aryl methyl sites for hydroxylation is 2.